The zero-order valence-electron chi connectivity index (χ0n) is 7.43. The van der Waals surface area contributed by atoms with Crippen LogP contribution in [0.15, 0.2) is 24.3 Å². The molecule has 0 unspecified atom stereocenters. The number of halogens is 3. The molecule has 1 aromatic carbocycles. The summed E-state index contributed by atoms with van der Waals surface area (Å²) in [4.78, 5) is 0. The molecule has 0 amide bonds. The maximum atomic E-state index is 13.6. The first kappa shape index (κ1) is 9.52. The van der Waals surface area contributed by atoms with Crippen molar-refractivity contribution in [1.82, 2.24) is 0 Å². The Labute approximate surface area is 79.7 Å². The number of hydrogen-bond donors (Lipinski definition) is 1. The molecule has 0 aliphatic heterocycles. The number of rotatable bonds is 2. The molecule has 2 rings (SSSR count). The minimum absolute atomic E-state index is 0.288. The first-order chi connectivity index (χ1) is 6.46. The van der Waals surface area contributed by atoms with E-state index in [-0.39, 0.29) is 18.4 Å². The van der Waals surface area contributed by atoms with Crippen LogP contribution in [0.25, 0.3) is 0 Å². The lowest BCUT2D eigenvalue weighted by atomic mass is 10.00. The van der Waals surface area contributed by atoms with Crippen LogP contribution in [-0.2, 0) is 5.92 Å². The maximum absolute atomic E-state index is 13.6. The van der Waals surface area contributed by atoms with E-state index in [1.165, 1.54) is 12.1 Å². The SMILES string of the molecule is NC1(C(F)(F)c2cccc(F)c2)CC1. The summed E-state index contributed by atoms with van der Waals surface area (Å²) in [6, 6.07) is 4.45. The monoisotopic (exact) mass is 201 g/mol. The van der Waals surface area contributed by atoms with Crippen LogP contribution in [0.2, 0.25) is 0 Å². The summed E-state index contributed by atoms with van der Waals surface area (Å²) in [5.41, 5.74) is 3.64. The predicted molar refractivity (Wildman–Crippen MR) is 46.4 cm³/mol. The lowest BCUT2D eigenvalue weighted by Crippen LogP contribution is -2.41. The van der Waals surface area contributed by atoms with Gasteiger partial charge in [0.2, 0.25) is 0 Å². The summed E-state index contributed by atoms with van der Waals surface area (Å²) < 4.78 is 40.0. The number of hydrogen-bond acceptors (Lipinski definition) is 1. The van der Waals surface area contributed by atoms with Gasteiger partial charge in [-0.15, -0.1) is 0 Å². The molecule has 1 aliphatic rings. The summed E-state index contributed by atoms with van der Waals surface area (Å²) >= 11 is 0. The van der Waals surface area contributed by atoms with Crippen molar-refractivity contribution >= 4 is 0 Å². The molecular formula is C10H10F3N. The largest absolute Gasteiger partial charge is 0.320 e. The van der Waals surface area contributed by atoms with E-state index < -0.39 is 17.3 Å². The fraction of sp³-hybridized carbons (Fsp3) is 0.400. The van der Waals surface area contributed by atoms with Crippen molar-refractivity contribution in [2.24, 2.45) is 5.73 Å². The lowest BCUT2D eigenvalue weighted by molar-refractivity contribution is -0.0423. The van der Waals surface area contributed by atoms with Crippen molar-refractivity contribution < 1.29 is 13.2 Å². The second kappa shape index (κ2) is 2.73. The van der Waals surface area contributed by atoms with Crippen LogP contribution in [0, 0.1) is 5.82 Å². The molecule has 0 atom stereocenters. The van der Waals surface area contributed by atoms with E-state index in [1.54, 1.807) is 0 Å². The second-order valence-electron chi connectivity index (χ2n) is 3.74. The molecule has 0 aromatic heterocycles. The Morgan fingerprint density at radius 2 is 1.93 bits per heavy atom. The Balaban J connectivity index is 2.38. The highest BCUT2D eigenvalue weighted by molar-refractivity contribution is 5.28. The third kappa shape index (κ3) is 1.30. The highest BCUT2D eigenvalue weighted by atomic mass is 19.3. The molecule has 14 heavy (non-hydrogen) atoms. The summed E-state index contributed by atoms with van der Waals surface area (Å²) in [7, 11) is 0. The Morgan fingerprint density at radius 3 is 2.43 bits per heavy atom. The molecule has 4 heteroatoms. The topological polar surface area (TPSA) is 26.0 Å². The van der Waals surface area contributed by atoms with Gasteiger partial charge >= 0.3 is 0 Å². The van der Waals surface area contributed by atoms with Crippen molar-refractivity contribution in [3.8, 4) is 0 Å². The van der Waals surface area contributed by atoms with E-state index >= 15 is 0 Å². The average Bonchev–Trinajstić information content (AvgIpc) is 2.85. The first-order valence-electron chi connectivity index (χ1n) is 4.38. The molecule has 76 valence electrons. The molecule has 0 spiro atoms. The summed E-state index contributed by atoms with van der Waals surface area (Å²) in [6.45, 7) is 0. The maximum Gasteiger partial charge on any atom is 0.290 e. The van der Waals surface area contributed by atoms with Gasteiger partial charge in [-0.05, 0) is 25.0 Å². The van der Waals surface area contributed by atoms with E-state index in [0.29, 0.717) is 0 Å². The highest BCUT2D eigenvalue weighted by Crippen LogP contribution is 2.51. The van der Waals surface area contributed by atoms with Gasteiger partial charge in [-0.3, -0.25) is 0 Å². The standard InChI is InChI=1S/C10H10F3N/c11-8-3-1-2-7(6-8)10(12,13)9(14)4-5-9/h1-3,6H,4-5,14H2. The Kier molecular flexibility index (Phi) is 1.86. The minimum Gasteiger partial charge on any atom is -0.320 e. The van der Waals surface area contributed by atoms with Crippen molar-refractivity contribution in [1.29, 1.82) is 0 Å². The third-order valence-corrected chi connectivity index (χ3v) is 2.60. The molecule has 1 aromatic rings. The quantitative estimate of drug-likeness (QED) is 0.781. The molecular weight excluding hydrogens is 191 g/mol. The zero-order valence-corrected chi connectivity index (χ0v) is 7.43. The zero-order chi connectivity index (χ0) is 10.4. The van der Waals surface area contributed by atoms with Gasteiger partial charge in [-0.1, -0.05) is 12.1 Å². The van der Waals surface area contributed by atoms with Crippen LogP contribution in [-0.4, -0.2) is 5.54 Å². The van der Waals surface area contributed by atoms with Crippen molar-refractivity contribution in [3.63, 3.8) is 0 Å². The molecule has 2 N–H and O–H groups in total. The van der Waals surface area contributed by atoms with Crippen LogP contribution in [0.3, 0.4) is 0 Å². The van der Waals surface area contributed by atoms with Crippen LogP contribution in [0.5, 0.6) is 0 Å². The fourth-order valence-corrected chi connectivity index (χ4v) is 1.42. The van der Waals surface area contributed by atoms with Gasteiger partial charge < -0.3 is 5.73 Å². The van der Waals surface area contributed by atoms with Crippen LogP contribution in [0.4, 0.5) is 13.2 Å². The summed E-state index contributed by atoms with van der Waals surface area (Å²) in [5, 5.41) is 0. The van der Waals surface area contributed by atoms with Gasteiger partial charge in [0.15, 0.2) is 0 Å². The smallest absolute Gasteiger partial charge is 0.290 e. The lowest BCUT2D eigenvalue weighted by Gasteiger charge is -2.23. The Hall–Kier alpha value is -1.03. The van der Waals surface area contributed by atoms with Gasteiger partial charge in [0.05, 0.1) is 5.54 Å². The van der Waals surface area contributed by atoms with Crippen LogP contribution in [0.1, 0.15) is 18.4 Å². The summed E-state index contributed by atoms with van der Waals surface area (Å²) in [6.07, 6.45) is 0.576. The fourth-order valence-electron chi connectivity index (χ4n) is 1.42. The highest BCUT2D eigenvalue weighted by Gasteiger charge is 2.60. The van der Waals surface area contributed by atoms with E-state index in [2.05, 4.69) is 0 Å². The van der Waals surface area contributed by atoms with Crippen molar-refractivity contribution in [2.75, 3.05) is 0 Å². The molecule has 1 nitrogen and oxygen atoms in total. The van der Waals surface area contributed by atoms with Gasteiger partial charge in [0.25, 0.3) is 5.92 Å². The minimum atomic E-state index is -3.13. The van der Waals surface area contributed by atoms with Crippen LogP contribution >= 0.6 is 0 Å². The molecule has 0 bridgehead atoms. The van der Waals surface area contributed by atoms with Crippen molar-refractivity contribution in [2.45, 2.75) is 24.3 Å². The molecule has 1 fully saturated rings. The van der Waals surface area contributed by atoms with Gasteiger partial charge in [0.1, 0.15) is 5.82 Å². The summed E-state index contributed by atoms with van der Waals surface area (Å²) in [5.74, 6) is -3.79. The Morgan fingerprint density at radius 1 is 1.29 bits per heavy atom. The first-order valence-corrected chi connectivity index (χ1v) is 4.38. The molecule has 0 saturated heterocycles. The van der Waals surface area contributed by atoms with Crippen LogP contribution < -0.4 is 5.73 Å². The molecule has 1 aliphatic carbocycles. The normalized spacial score (nSPS) is 19.4. The van der Waals surface area contributed by atoms with Gasteiger partial charge in [0, 0.05) is 5.56 Å². The van der Waals surface area contributed by atoms with Gasteiger partial charge in [-0.25, -0.2) is 4.39 Å². The number of nitrogens with two attached hydrogens (primary N) is 1. The molecule has 0 radical (unpaired) electrons. The third-order valence-electron chi connectivity index (χ3n) is 2.60. The van der Waals surface area contributed by atoms with E-state index in [1.807, 2.05) is 0 Å². The van der Waals surface area contributed by atoms with E-state index in [9.17, 15) is 13.2 Å². The van der Waals surface area contributed by atoms with Crippen molar-refractivity contribution in [3.05, 3.63) is 35.6 Å². The number of benzene rings is 1. The van der Waals surface area contributed by atoms with E-state index in [4.69, 9.17) is 5.73 Å². The van der Waals surface area contributed by atoms with E-state index in [0.717, 1.165) is 12.1 Å². The Bertz CT molecular complexity index is 358. The number of alkyl halides is 2. The average molecular weight is 201 g/mol. The second-order valence-corrected chi connectivity index (χ2v) is 3.74. The molecule has 1 saturated carbocycles. The predicted octanol–water partition coefficient (Wildman–Crippen LogP) is 2.41. The molecule has 0 heterocycles. The van der Waals surface area contributed by atoms with Gasteiger partial charge in [-0.2, -0.15) is 8.78 Å².